The van der Waals surface area contributed by atoms with Crippen LogP contribution in [0.3, 0.4) is 0 Å². The molecule has 0 aromatic heterocycles. The summed E-state index contributed by atoms with van der Waals surface area (Å²) >= 11 is 0. The van der Waals surface area contributed by atoms with Crippen molar-refractivity contribution in [1.29, 1.82) is 0 Å². The molecule has 0 amide bonds. The summed E-state index contributed by atoms with van der Waals surface area (Å²) in [6.07, 6.45) is 15.0. The number of carbonyl (C=O) groups is 2. The molecule has 11 nitrogen and oxygen atoms in total. The average Bonchev–Trinajstić information content (AvgIpc) is 2.96. The number of phosphoric acid groups is 1. The Balaban J connectivity index is 2.04. The third kappa shape index (κ3) is 13.9. The van der Waals surface area contributed by atoms with Crippen LogP contribution in [-0.4, -0.2) is 68.5 Å². The molecule has 0 bridgehead atoms. The van der Waals surface area contributed by atoms with Crippen molar-refractivity contribution in [1.82, 2.24) is 0 Å². The van der Waals surface area contributed by atoms with Crippen molar-refractivity contribution in [3.8, 4) is 0 Å². The van der Waals surface area contributed by atoms with Gasteiger partial charge in [0.1, 0.15) is 23.9 Å². The molecule has 2 rings (SSSR count). The highest BCUT2D eigenvalue weighted by Gasteiger charge is 2.40. The van der Waals surface area contributed by atoms with E-state index in [1.165, 1.54) is 24.3 Å². The van der Waals surface area contributed by atoms with E-state index >= 15 is 0 Å². The monoisotopic (exact) mass is 641 g/mol. The Hall–Kier alpha value is -2.11. The number of nitrogens with two attached hydrogens (primary N) is 1. The van der Waals surface area contributed by atoms with Gasteiger partial charge in [-0.2, -0.15) is 0 Å². The molecule has 0 radical (unpaired) electrons. The minimum Gasteiger partial charge on any atom is -0.462 e. The third-order valence-corrected chi connectivity index (χ3v) is 8.88. The Kier molecular flexibility index (Phi) is 16.2. The second kappa shape index (κ2) is 18.8. The zero-order valence-corrected chi connectivity index (χ0v) is 27.1. The van der Waals surface area contributed by atoms with E-state index in [0.717, 1.165) is 38.5 Å². The molecule has 1 heterocycles. The van der Waals surface area contributed by atoms with E-state index in [1.54, 1.807) is 18.2 Å². The van der Waals surface area contributed by atoms with Crippen LogP contribution < -0.4 is 5.73 Å². The number of cyclic esters (lactones) is 1. The molecular weight excluding hydrogens is 589 g/mol. The molecule has 0 saturated heterocycles. The highest BCUT2D eigenvalue weighted by molar-refractivity contribution is 7.46. The van der Waals surface area contributed by atoms with Gasteiger partial charge in [-0.1, -0.05) is 63.6 Å². The Morgan fingerprint density at radius 3 is 2.66 bits per heavy atom. The summed E-state index contributed by atoms with van der Waals surface area (Å²) in [4.78, 5) is 43.1. The quantitative estimate of drug-likeness (QED) is 0.0618. The predicted molar refractivity (Wildman–Crippen MR) is 167 cm³/mol. The zero-order chi connectivity index (χ0) is 32.8. The van der Waals surface area contributed by atoms with Crippen LogP contribution in [-0.2, 0) is 28.2 Å². The average molecular weight is 642 g/mol. The fourth-order valence-corrected chi connectivity index (χ4v) is 6.06. The Morgan fingerprint density at radius 1 is 1.25 bits per heavy atom. The Bertz CT molecular complexity index is 1070. The minimum absolute atomic E-state index is 0.0480. The summed E-state index contributed by atoms with van der Waals surface area (Å²) in [5.74, 6) is -0.134. The van der Waals surface area contributed by atoms with Gasteiger partial charge in [0.05, 0.1) is 6.10 Å². The first-order valence-electron chi connectivity index (χ1n) is 15.8. The third-order valence-electron chi connectivity index (χ3n) is 8.35. The fraction of sp³-hybridized carbons (Fsp3) is 0.688. The van der Waals surface area contributed by atoms with E-state index in [1.807, 2.05) is 13.0 Å². The summed E-state index contributed by atoms with van der Waals surface area (Å²) in [5.41, 5.74) is 3.74. The van der Waals surface area contributed by atoms with Gasteiger partial charge >= 0.3 is 19.8 Å². The first kappa shape index (κ1) is 38.1. The second-order valence-corrected chi connectivity index (χ2v) is 13.2. The molecule has 0 aromatic carbocycles. The lowest BCUT2D eigenvalue weighted by Crippen LogP contribution is -2.45. The number of rotatable bonds is 18. The largest absolute Gasteiger partial charge is 0.469 e. The first-order valence-corrected chi connectivity index (χ1v) is 17.3. The van der Waals surface area contributed by atoms with Gasteiger partial charge in [-0.15, -0.1) is 0 Å². The van der Waals surface area contributed by atoms with E-state index < -0.39 is 37.7 Å². The lowest BCUT2D eigenvalue weighted by atomic mass is 9.86. The molecule has 8 unspecified atom stereocenters. The normalized spacial score (nSPS) is 26.5. The van der Waals surface area contributed by atoms with Crippen molar-refractivity contribution < 1.29 is 48.2 Å². The van der Waals surface area contributed by atoms with Crippen LogP contribution in [0.4, 0.5) is 0 Å². The smallest absolute Gasteiger partial charge is 0.462 e. The van der Waals surface area contributed by atoms with E-state index in [9.17, 15) is 34.2 Å². The van der Waals surface area contributed by atoms with Crippen LogP contribution in [0, 0.1) is 17.8 Å². The lowest BCUT2D eigenvalue weighted by molar-refractivity contribution is -0.151. The van der Waals surface area contributed by atoms with Crippen molar-refractivity contribution in [2.45, 2.75) is 115 Å². The van der Waals surface area contributed by atoms with Crippen LogP contribution in [0.25, 0.3) is 0 Å². The molecule has 1 aliphatic carbocycles. The van der Waals surface area contributed by atoms with Crippen molar-refractivity contribution in [2.24, 2.45) is 23.5 Å². The van der Waals surface area contributed by atoms with Gasteiger partial charge in [0, 0.05) is 24.8 Å². The number of allylic oxidation sites excluding steroid dienone is 3. The number of aliphatic hydroxyl groups excluding tert-OH is 1. The molecule has 44 heavy (non-hydrogen) atoms. The maximum atomic E-state index is 12.2. The molecule has 0 spiro atoms. The van der Waals surface area contributed by atoms with Gasteiger partial charge in [-0.25, -0.2) is 9.36 Å². The van der Waals surface area contributed by atoms with Crippen molar-refractivity contribution >= 4 is 19.8 Å². The maximum absolute atomic E-state index is 12.2. The van der Waals surface area contributed by atoms with E-state index in [2.05, 4.69) is 13.8 Å². The molecule has 6 N–H and O–H groups in total. The fourth-order valence-electron chi connectivity index (χ4n) is 5.46. The van der Waals surface area contributed by atoms with Crippen LogP contribution in [0.15, 0.2) is 48.6 Å². The topological polar surface area (TPSA) is 186 Å². The zero-order valence-electron chi connectivity index (χ0n) is 26.2. The van der Waals surface area contributed by atoms with Crippen LogP contribution in [0.2, 0.25) is 0 Å². The molecule has 1 aliphatic heterocycles. The number of esters is 2. The van der Waals surface area contributed by atoms with Gasteiger partial charge in [0.25, 0.3) is 0 Å². The second-order valence-electron chi connectivity index (χ2n) is 12.0. The standard InChI is InChI=1S/C32H52NO10P/c1-4-23(3)13-15-30(35)41-27-12-8-10-24(21-27)9-6-7-11-26(34)22-29(43-44(38,39)40)32(37,19-20-33)18-17-28-25(5-2)14-16-31(36)42-28/h6-7,9,11,14,16-18,23-29,34,37H,4-5,8,10,12-13,15,19-22,33H2,1-3H3,(H2,38,39,40)/b9-6+,11-7-,18-17+. The first-order chi connectivity index (χ1) is 20.8. The van der Waals surface area contributed by atoms with E-state index in [0.29, 0.717) is 18.8 Å². The maximum Gasteiger partial charge on any atom is 0.469 e. The van der Waals surface area contributed by atoms with Gasteiger partial charge in [-0.3, -0.25) is 9.32 Å². The molecule has 1 saturated carbocycles. The number of aliphatic hydroxyl groups is 2. The number of carbonyl (C=O) groups excluding carboxylic acids is 2. The molecular formula is C32H52NO10P. The number of ether oxygens (including phenoxy) is 2. The number of hydrogen-bond acceptors (Lipinski definition) is 9. The van der Waals surface area contributed by atoms with E-state index in [-0.39, 0.29) is 43.3 Å². The van der Waals surface area contributed by atoms with Crippen LogP contribution >= 0.6 is 7.82 Å². The molecule has 2 aliphatic rings. The summed E-state index contributed by atoms with van der Waals surface area (Å²) in [7, 11) is -5.08. The summed E-state index contributed by atoms with van der Waals surface area (Å²) in [6, 6.07) is 0. The SMILES string of the molecule is CCC(C)CCC(=O)OC1CCCC(/C=C/C=C\C(O)CC(OP(=O)(O)O)C(O)(/C=C/C2OC(=O)C=CC2CC)CCN)C1. The Morgan fingerprint density at radius 2 is 2.00 bits per heavy atom. The Labute approximate surface area is 261 Å². The van der Waals surface area contributed by atoms with Gasteiger partial charge in [0.2, 0.25) is 0 Å². The van der Waals surface area contributed by atoms with Crippen molar-refractivity contribution in [2.75, 3.05) is 6.54 Å². The lowest BCUT2D eigenvalue weighted by Gasteiger charge is -2.35. The highest BCUT2D eigenvalue weighted by Crippen LogP contribution is 2.42. The van der Waals surface area contributed by atoms with Crippen molar-refractivity contribution in [3.63, 3.8) is 0 Å². The molecule has 8 atom stereocenters. The molecule has 12 heteroatoms. The molecule has 250 valence electrons. The summed E-state index contributed by atoms with van der Waals surface area (Å²) in [6.45, 7) is 6.09. The minimum atomic E-state index is -5.08. The predicted octanol–water partition coefficient (Wildman–Crippen LogP) is 4.40. The van der Waals surface area contributed by atoms with Gasteiger partial charge in [-0.05, 0) is 69.4 Å². The number of phosphoric ester groups is 1. The van der Waals surface area contributed by atoms with Crippen LogP contribution in [0.1, 0.15) is 85.0 Å². The highest BCUT2D eigenvalue weighted by atomic mass is 31.2. The molecule has 0 aromatic rings. The van der Waals surface area contributed by atoms with Crippen molar-refractivity contribution in [3.05, 3.63) is 48.6 Å². The van der Waals surface area contributed by atoms with Gasteiger partial charge in [0.15, 0.2) is 0 Å². The molecule has 1 fully saturated rings. The van der Waals surface area contributed by atoms with E-state index in [4.69, 9.17) is 19.7 Å². The van der Waals surface area contributed by atoms with Crippen LogP contribution in [0.5, 0.6) is 0 Å². The summed E-state index contributed by atoms with van der Waals surface area (Å²) in [5, 5.41) is 22.2. The summed E-state index contributed by atoms with van der Waals surface area (Å²) < 4.78 is 27.8. The number of hydrogen-bond donors (Lipinski definition) is 5. The van der Waals surface area contributed by atoms with Gasteiger partial charge < -0.3 is 35.2 Å².